The number of benzene rings is 1. The summed E-state index contributed by atoms with van der Waals surface area (Å²) >= 11 is 0. The van der Waals surface area contributed by atoms with Gasteiger partial charge in [0.15, 0.2) is 5.65 Å². The molecule has 0 spiro atoms. The molecule has 0 aliphatic carbocycles. The van der Waals surface area contributed by atoms with Crippen LogP contribution in [0.15, 0.2) is 42.6 Å². The lowest BCUT2D eigenvalue weighted by molar-refractivity contribution is -0.274. The van der Waals surface area contributed by atoms with Crippen LogP contribution in [0.1, 0.15) is 28.9 Å². The van der Waals surface area contributed by atoms with Crippen molar-refractivity contribution < 1.29 is 22.7 Å². The molecule has 1 aliphatic rings. The first kappa shape index (κ1) is 22.6. The minimum absolute atomic E-state index is 0. The molecule has 1 saturated heterocycles. The van der Waals surface area contributed by atoms with Crippen molar-refractivity contribution in [2.75, 3.05) is 18.4 Å². The Kier molecular flexibility index (Phi) is 6.54. The number of ether oxygens (including phenoxy) is 1. The minimum atomic E-state index is -4.79. The zero-order chi connectivity index (χ0) is 21.3. The quantitative estimate of drug-likeness (QED) is 0.586. The van der Waals surface area contributed by atoms with Crippen molar-refractivity contribution in [2.45, 2.75) is 26.1 Å². The molecule has 1 N–H and O–H groups in total. The van der Waals surface area contributed by atoms with E-state index in [0.717, 1.165) is 18.5 Å². The molecule has 1 amide bonds. The van der Waals surface area contributed by atoms with Crippen molar-refractivity contribution in [1.82, 2.24) is 14.9 Å². The standard InChI is InChI=1S/C21H19F3N4O2.ClH/c1-13-7-8-16-18(27-14-5-4-6-15(11-14)30-21(22,23)24)17(12-25-19(16)26-13)20(29)28-9-2-3-10-28;/h4-8,11-12H,2-3,9-10H2,1H3,(H,25,26,27);1H. The first-order chi connectivity index (χ1) is 14.3. The Bertz CT molecular complexity index is 1100. The van der Waals surface area contributed by atoms with Gasteiger partial charge in [-0.15, -0.1) is 25.6 Å². The molecular formula is C21H20ClF3N4O2. The Balaban J connectivity index is 0.00000272. The molecule has 2 aromatic heterocycles. The predicted molar refractivity (Wildman–Crippen MR) is 113 cm³/mol. The highest BCUT2D eigenvalue weighted by atomic mass is 35.5. The van der Waals surface area contributed by atoms with Crippen molar-refractivity contribution in [3.8, 4) is 5.75 Å². The number of anilines is 2. The van der Waals surface area contributed by atoms with Crippen LogP contribution in [0.4, 0.5) is 24.5 Å². The Morgan fingerprint density at radius 2 is 1.90 bits per heavy atom. The van der Waals surface area contributed by atoms with Gasteiger partial charge in [0.25, 0.3) is 5.91 Å². The largest absolute Gasteiger partial charge is 0.573 e. The third-order valence-corrected chi connectivity index (χ3v) is 4.83. The van der Waals surface area contributed by atoms with Crippen molar-refractivity contribution in [2.24, 2.45) is 0 Å². The van der Waals surface area contributed by atoms with Gasteiger partial charge < -0.3 is 15.0 Å². The molecule has 6 nitrogen and oxygen atoms in total. The fraction of sp³-hybridized carbons (Fsp3) is 0.286. The molecule has 4 rings (SSSR count). The molecule has 1 fully saturated rings. The number of nitrogens with one attached hydrogen (secondary N) is 1. The first-order valence-electron chi connectivity index (χ1n) is 9.49. The Morgan fingerprint density at radius 3 is 2.61 bits per heavy atom. The molecule has 0 saturated carbocycles. The summed E-state index contributed by atoms with van der Waals surface area (Å²) in [6.07, 6.45) is -1.45. The van der Waals surface area contributed by atoms with E-state index in [1.807, 2.05) is 6.92 Å². The van der Waals surface area contributed by atoms with Crippen molar-refractivity contribution >= 4 is 40.7 Å². The van der Waals surface area contributed by atoms with Crippen molar-refractivity contribution in [3.63, 3.8) is 0 Å². The normalized spacial score (nSPS) is 13.7. The lowest BCUT2D eigenvalue weighted by atomic mass is 10.1. The van der Waals surface area contributed by atoms with Gasteiger partial charge in [-0.25, -0.2) is 9.97 Å². The molecule has 3 aromatic rings. The third-order valence-electron chi connectivity index (χ3n) is 4.83. The number of likely N-dealkylation sites (tertiary alicyclic amines) is 1. The Labute approximate surface area is 182 Å². The van der Waals surface area contributed by atoms with E-state index in [0.29, 0.717) is 41.1 Å². The van der Waals surface area contributed by atoms with Crippen LogP contribution in [0.3, 0.4) is 0 Å². The second-order valence-electron chi connectivity index (χ2n) is 7.07. The molecular weight excluding hydrogens is 433 g/mol. The molecule has 0 unspecified atom stereocenters. The van der Waals surface area contributed by atoms with E-state index in [9.17, 15) is 18.0 Å². The number of hydrogen-bond donors (Lipinski definition) is 1. The summed E-state index contributed by atoms with van der Waals surface area (Å²) in [5.41, 5.74) is 2.35. The summed E-state index contributed by atoms with van der Waals surface area (Å²) in [7, 11) is 0. The summed E-state index contributed by atoms with van der Waals surface area (Å²) in [6, 6.07) is 9.07. The fourth-order valence-corrected chi connectivity index (χ4v) is 3.47. The number of carbonyl (C=O) groups is 1. The molecule has 0 bridgehead atoms. The second kappa shape index (κ2) is 8.97. The summed E-state index contributed by atoms with van der Waals surface area (Å²) in [5.74, 6) is -0.528. The number of nitrogens with zero attached hydrogens (tertiary/aromatic N) is 3. The van der Waals surface area contributed by atoms with Crippen LogP contribution < -0.4 is 10.1 Å². The summed E-state index contributed by atoms with van der Waals surface area (Å²) in [4.78, 5) is 23.5. The number of halogens is 4. The molecule has 1 aliphatic heterocycles. The van der Waals surface area contributed by atoms with E-state index in [-0.39, 0.29) is 24.1 Å². The van der Waals surface area contributed by atoms with Gasteiger partial charge in [0, 0.05) is 42.1 Å². The molecule has 0 radical (unpaired) electrons. The molecule has 1 aromatic carbocycles. The zero-order valence-corrected chi connectivity index (χ0v) is 17.4. The lowest BCUT2D eigenvalue weighted by Gasteiger charge is -2.19. The number of aromatic nitrogens is 2. The number of pyridine rings is 2. The third kappa shape index (κ3) is 5.16. The van der Waals surface area contributed by atoms with E-state index in [4.69, 9.17) is 0 Å². The maximum atomic E-state index is 13.1. The highest BCUT2D eigenvalue weighted by Gasteiger charge is 2.31. The maximum absolute atomic E-state index is 13.1. The van der Waals surface area contributed by atoms with Crippen LogP contribution in [-0.4, -0.2) is 40.2 Å². The van der Waals surface area contributed by atoms with E-state index in [1.54, 1.807) is 23.1 Å². The molecule has 31 heavy (non-hydrogen) atoms. The van der Waals surface area contributed by atoms with Gasteiger partial charge >= 0.3 is 6.36 Å². The van der Waals surface area contributed by atoms with Crippen LogP contribution in [0.25, 0.3) is 11.0 Å². The van der Waals surface area contributed by atoms with E-state index < -0.39 is 6.36 Å². The van der Waals surface area contributed by atoms with Gasteiger partial charge in [-0.3, -0.25) is 4.79 Å². The highest BCUT2D eigenvalue weighted by Crippen LogP contribution is 2.32. The first-order valence-corrected chi connectivity index (χ1v) is 9.49. The Hall–Kier alpha value is -3.07. The van der Waals surface area contributed by atoms with Crippen LogP contribution >= 0.6 is 12.4 Å². The summed E-state index contributed by atoms with van der Waals surface area (Å²) in [6.45, 7) is 3.16. The highest BCUT2D eigenvalue weighted by molar-refractivity contribution is 6.07. The van der Waals surface area contributed by atoms with Gasteiger partial charge in [-0.2, -0.15) is 0 Å². The second-order valence-corrected chi connectivity index (χ2v) is 7.07. The number of alkyl halides is 3. The number of amides is 1. The average Bonchev–Trinajstić information content (AvgIpc) is 3.21. The SMILES string of the molecule is Cc1ccc2c(Nc3cccc(OC(F)(F)F)c3)c(C(=O)N3CCCC3)cnc2n1.Cl. The van der Waals surface area contributed by atoms with Crippen LogP contribution in [0.5, 0.6) is 5.75 Å². The summed E-state index contributed by atoms with van der Waals surface area (Å²) in [5, 5.41) is 3.70. The topological polar surface area (TPSA) is 67.3 Å². The fourth-order valence-electron chi connectivity index (χ4n) is 3.47. The summed E-state index contributed by atoms with van der Waals surface area (Å²) < 4.78 is 41.7. The number of hydrogen-bond acceptors (Lipinski definition) is 5. The number of carbonyl (C=O) groups excluding carboxylic acids is 1. The number of fused-ring (bicyclic) bond motifs is 1. The number of aryl methyl sites for hydroxylation is 1. The molecule has 3 heterocycles. The smallest absolute Gasteiger partial charge is 0.406 e. The van der Waals surface area contributed by atoms with Gasteiger partial charge in [-0.1, -0.05) is 6.07 Å². The Morgan fingerprint density at radius 1 is 1.16 bits per heavy atom. The molecule has 0 atom stereocenters. The number of rotatable bonds is 4. The monoisotopic (exact) mass is 452 g/mol. The van der Waals surface area contributed by atoms with E-state index in [1.165, 1.54) is 24.4 Å². The van der Waals surface area contributed by atoms with Gasteiger partial charge in [-0.05, 0) is 44.0 Å². The maximum Gasteiger partial charge on any atom is 0.573 e. The van der Waals surface area contributed by atoms with Gasteiger partial charge in [0.2, 0.25) is 0 Å². The average molecular weight is 453 g/mol. The minimum Gasteiger partial charge on any atom is -0.406 e. The van der Waals surface area contributed by atoms with E-state index >= 15 is 0 Å². The van der Waals surface area contributed by atoms with Crippen molar-refractivity contribution in [3.05, 3.63) is 53.9 Å². The lowest BCUT2D eigenvalue weighted by Crippen LogP contribution is -2.28. The molecule has 164 valence electrons. The van der Waals surface area contributed by atoms with Gasteiger partial charge in [0.1, 0.15) is 5.75 Å². The zero-order valence-electron chi connectivity index (χ0n) is 16.6. The van der Waals surface area contributed by atoms with Crippen LogP contribution in [0.2, 0.25) is 0 Å². The van der Waals surface area contributed by atoms with Crippen LogP contribution in [0, 0.1) is 6.92 Å². The van der Waals surface area contributed by atoms with Gasteiger partial charge in [0.05, 0.1) is 11.3 Å². The molecule has 10 heteroatoms. The van der Waals surface area contributed by atoms with Crippen molar-refractivity contribution in [1.29, 1.82) is 0 Å². The van der Waals surface area contributed by atoms with Crippen LogP contribution in [-0.2, 0) is 0 Å². The predicted octanol–water partition coefficient (Wildman–Crippen LogP) is 5.24. The van der Waals surface area contributed by atoms with E-state index in [2.05, 4.69) is 20.0 Å².